The van der Waals surface area contributed by atoms with Crippen LogP contribution in [0.25, 0.3) is 0 Å². The number of hydrogen-bond acceptors (Lipinski definition) is 4. The average Bonchev–Trinajstić information content (AvgIpc) is 3.04. The van der Waals surface area contributed by atoms with Gasteiger partial charge in [0.15, 0.2) is 11.5 Å². The van der Waals surface area contributed by atoms with Gasteiger partial charge in [0.25, 0.3) is 5.91 Å². The number of halogens is 1. The number of rotatable bonds is 5. The van der Waals surface area contributed by atoms with Crippen molar-refractivity contribution < 1.29 is 14.3 Å². The average molecular weight is 349 g/mol. The van der Waals surface area contributed by atoms with Crippen molar-refractivity contribution >= 4 is 29.7 Å². The number of carbonyl (C=O) groups excluding carboxylic acids is 1. The highest BCUT2D eigenvalue weighted by atomic mass is 35.5. The lowest BCUT2D eigenvalue weighted by Crippen LogP contribution is -2.12. The second-order valence-electron chi connectivity index (χ2n) is 5.30. The smallest absolute Gasteiger partial charge is 0.255 e. The largest absolute Gasteiger partial charge is 0.493 e. The Balaban J connectivity index is 0.00000208. The number of ether oxygens (including phenoxy) is 2. The van der Waals surface area contributed by atoms with Crippen LogP contribution in [0.4, 0.5) is 11.4 Å². The van der Waals surface area contributed by atoms with Crippen LogP contribution < -0.4 is 20.1 Å². The van der Waals surface area contributed by atoms with Crippen LogP contribution in [0, 0.1) is 0 Å². The van der Waals surface area contributed by atoms with E-state index in [1.165, 1.54) is 5.56 Å². The number of fused-ring (bicyclic) bond motifs is 1. The van der Waals surface area contributed by atoms with E-state index in [1.54, 1.807) is 25.3 Å². The lowest BCUT2D eigenvalue weighted by molar-refractivity contribution is 0.102. The summed E-state index contributed by atoms with van der Waals surface area (Å²) in [5.41, 5.74) is 3.63. The molecule has 0 radical (unpaired) electrons. The number of benzene rings is 2. The van der Waals surface area contributed by atoms with Crippen LogP contribution in [-0.4, -0.2) is 26.2 Å². The van der Waals surface area contributed by atoms with Crippen LogP contribution in [-0.2, 0) is 6.42 Å². The van der Waals surface area contributed by atoms with E-state index in [4.69, 9.17) is 9.47 Å². The summed E-state index contributed by atoms with van der Waals surface area (Å²) in [6.45, 7) is 3.40. The Morgan fingerprint density at radius 1 is 1.21 bits per heavy atom. The zero-order valence-electron chi connectivity index (χ0n) is 13.7. The third-order valence-corrected chi connectivity index (χ3v) is 3.80. The molecule has 1 aliphatic rings. The van der Waals surface area contributed by atoms with Crippen molar-refractivity contribution in [1.82, 2.24) is 0 Å². The molecule has 1 heterocycles. The molecular formula is C18H21ClN2O3. The molecule has 0 unspecified atom stereocenters. The zero-order valence-corrected chi connectivity index (χ0v) is 14.5. The summed E-state index contributed by atoms with van der Waals surface area (Å²) in [5, 5.41) is 6.19. The first-order valence-electron chi connectivity index (χ1n) is 7.70. The van der Waals surface area contributed by atoms with Crippen molar-refractivity contribution in [2.24, 2.45) is 0 Å². The fourth-order valence-corrected chi connectivity index (χ4v) is 2.67. The first-order valence-corrected chi connectivity index (χ1v) is 7.70. The summed E-state index contributed by atoms with van der Waals surface area (Å²) in [4.78, 5) is 12.4. The number of anilines is 2. The van der Waals surface area contributed by atoms with Gasteiger partial charge in [-0.2, -0.15) is 0 Å². The van der Waals surface area contributed by atoms with E-state index in [1.807, 2.05) is 25.1 Å². The van der Waals surface area contributed by atoms with Crippen molar-refractivity contribution in [2.75, 3.05) is 30.9 Å². The number of carbonyl (C=O) groups is 1. The third-order valence-electron chi connectivity index (χ3n) is 3.80. The molecule has 0 fully saturated rings. The molecule has 0 aliphatic carbocycles. The lowest BCUT2D eigenvalue weighted by Gasteiger charge is -2.12. The Morgan fingerprint density at radius 3 is 2.79 bits per heavy atom. The van der Waals surface area contributed by atoms with Gasteiger partial charge in [-0.3, -0.25) is 4.79 Å². The molecule has 0 atom stereocenters. The first-order chi connectivity index (χ1) is 11.2. The van der Waals surface area contributed by atoms with Gasteiger partial charge in [-0.15, -0.1) is 12.4 Å². The van der Waals surface area contributed by atoms with Crippen LogP contribution in [0.1, 0.15) is 22.8 Å². The van der Waals surface area contributed by atoms with Crippen molar-refractivity contribution in [3.05, 3.63) is 47.5 Å². The molecule has 2 aromatic carbocycles. The molecule has 0 saturated heterocycles. The van der Waals surface area contributed by atoms with Gasteiger partial charge in [-0.1, -0.05) is 0 Å². The molecule has 1 aliphatic heterocycles. The molecule has 0 saturated carbocycles. The van der Waals surface area contributed by atoms with Gasteiger partial charge in [0.1, 0.15) is 0 Å². The van der Waals surface area contributed by atoms with Gasteiger partial charge in [0.2, 0.25) is 0 Å². The van der Waals surface area contributed by atoms with Gasteiger partial charge in [-0.25, -0.2) is 0 Å². The van der Waals surface area contributed by atoms with E-state index in [9.17, 15) is 4.79 Å². The summed E-state index contributed by atoms with van der Waals surface area (Å²) < 4.78 is 10.8. The summed E-state index contributed by atoms with van der Waals surface area (Å²) in [5.74, 6) is 1.13. The van der Waals surface area contributed by atoms with Gasteiger partial charge >= 0.3 is 0 Å². The monoisotopic (exact) mass is 348 g/mol. The number of methoxy groups -OCH3 is 1. The molecule has 6 heteroatoms. The Kier molecular flexibility index (Phi) is 5.93. The Hall–Kier alpha value is -2.40. The van der Waals surface area contributed by atoms with Crippen molar-refractivity contribution in [3.63, 3.8) is 0 Å². The molecular weight excluding hydrogens is 328 g/mol. The predicted molar refractivity (Wildman–Crippen MR) is 98.0 cm³/mol. The standard InChI is InChI=1S/C18H20N2O3.ClH/c1-3-23-16-7-5-14(11-17(16)22-2)20-18(21)13-4-6-15-12(10-13)8-9-19-15;/h4-7,10-11,19H,3,8-9H2,1-2H3,(H,20,21);1H. The number of hydrogen-bond donors (Lipinski definition) is 2. The molecule has 3 rings (SSSR count). The van der Waals surface area contributed by atoms with Crippen LogP contribution in [0.5, 0.6) is 11.5 Å². The second kappa shape index (κ2) is 7.93. The van der Waals surface area contributed by atoms with E-state index < -0.39 is 0 Å². The lowest BCUT2D eigenvalue weighted by atomic mass is 10.1. The van der Waals surface area contributed by atoms with Crippen LogP contribution in [0.15, 0.2) is 36.4 Å². The molecule has 0 bridgehead atoms. The van der Waals surface area contributed by atoms with Crippen LogP contribution >= 0.6 is 12.4 Å². The maximum Gasteiger partial charge on any atom is 0.255 e. The molecule has 0 spiro atoms. The summed E-state index contributed by atoms with van der Waals surface area (Å²) in [6, 6.07) is 11.1. The van der Waals surface area contributed by atoms with E-state index in [0.29, 0.717) is 29.4 Å². The minimum atomic E-state index is -0.133. The first kappa shape index (κ1) is 17.9. The highest BCUT2D eigenvalue weighted by Gasteiger charge is 2.14. The van der Waals surface area contributed by atoms with Crippen LogP contribution in [0.2, 0.25) is 0 Å². The summed E-state index contributed by atoms with van der Waals surface area (Å²) >= 11 is 0. The van der Waals surface area contributed by atoms with Crippen LogP contribution in [0.3, 0.4) is 0 Å². The molecule has 1 amide bonds. The fourth-order valence-electron chi connectivity index (χ4n) is 2.67. The maximum atomic E-state index is 12.4. The number of amides is 1. The van der Waals surface area contributed by atoms with Crippen molar-refractivity contribution in [2.45, 2.75) is 13.3 Å². The van der Waals surface area contributed by atoms with Crippen molar-refractivity contribution in [1.29, 1.82) is 0 Å². The molecule has 0 aromatic heterocycles. The highest BCUT2D eigenvalue weighted by molar-refractivity contribution is 6.04. The molecule has 2 aromatic rings. The summed E-state index contributed by atoms with van der Waals surface area (Å²) in [7, 11) is 1.58. The molecule has 2 N–H and O–H groups in total. The topological polar surface area (TPSA) is 59.6 Å². The third kappa shape index (κ3) is 3.74. The predicted octanol–water partition coefficient (Wildman–Crippen LogP) is 3.74. The summed E-state index contributed by atoms with van der Waals surface area (Å²) in [6.07, 6.45) is 0.952. The molecule has 24 heavy (non-hydrogen) atoms. The van der Waals surface area contributed by atoms with Gasteiger partial charge in [0, 0.05) is 29.5 Å². The Labute approximate surface area is 147 Å². The van der Waals surface area contributed by atoms with E-state index in [2.05, 4.69) is 10.6 Å². The van der Waals surface area contributed by atoms with Gasteiger partial charge < -0.3 is 20.1 Å². The van der Waals surface area contributed by atoms with E-state index >= 15 is 0 Å². The zero-order chi connectivity index (χ0) is 16.2. The SMILES string of the molecule is CCOc1ccc(NC(=O)c2ccc3c(c2)CCN3)cc1OC.Cl. The second-order valence-corrected chi connectivity index (χ2v) is 5.30. The minimum absolute atomic E-state index is 0. The van der Waals surface area contributed by atoms with Gasteiger partial charge in [-0.05, 0) is 49.2 Å². The Morgan fingerprint density at radius 2 is 2.04 bits per heavy atom. The molecule has 128 valence electrons. The number of nitrogens with one attached hydrogen (secondary N) is 2. The molecule has 5 nitrogen and oxygen atoms in total. The fraction of sp³-hybridized carbons (Fsp3) is 0.278. The van der Waals surface area contributed by atoms with E-state index in [0.717, 1.165) is 18.7 Å². The van der Waals surface area contributed by atoms with Crippen molar-refractivity contribution in [3.8, 4) is 11.5 Å². The highest BCUT2D eigenvalue weighted by Crippen LogP contribution is 2.30. The van der Waals surface area contributed by atoms with E-state index in [-0.39, 0.29) is 18.3 Å². The maximum absolute atomic E-state index is 12.4. The quantitative estimate of drug-likeness (QED) is 0.864. The van der Waals surface area contributed by atoms with Gasteiger partial charge in [0.05, 0.1) is 13.7 Å². The Bertz CT molecular complexity index is 734. The normalized spacial score (nSPS) is 11.8. The minimum Gasteiger partial charge on any atom is -0.493 e.